The highest BCUT2D eigenvalue weighted by molar-refractivity contribution is 9.10. The van der Waals surface area contributed by atoms with Gasteiger partial charge in [-0.3, -0.25) is 4.79 Å². The summed E-state index contributed by atoms with van der Waals surface area (Å²) in [6.45, 7) is 2.74. The number of quaternary nitrogens is 1. The number of aryl methyl sites for hydroxylation is 1. The van der Waals surface area contributed by atoms with Crippen LogP contribution >= 0.6 is 27.5 Å². The van der Waals surface area contributed by atoms with Crippen molar-refractivity contribution < 1.29 is 31.2 Å². The molecule has 12 nitrogen and oxygen atoms in total. The smallest absolute Gasteiger partial charge is 0.391 e. The normalized spacial score (nSPS) is 11.5. The lowest BCUT2D eigenvalue weighted by molar-refractivity contribution is -0.898. The minimum absolute atomic E-state index is 0. The van der Waals surface area contributed by atoms with Gasteiger partial charge in [-0.1, -0.05) is 18.5 Å². The van der Waals surface area contributed by atoms with Crippen LogP contribution in [-0.4, -0.2) is 60.5 Å². The number of likely N-dealkylation sites (N-methyl/N-ethyl adjacent to an activating group) is 1. The summed E-state index contributed by atoms with van der Waals surface area (Å²) in [5, 5.41) is 18.7. The molecule has 0 atom stereocenters. The fraction of sp³-hybridized carbons (Fsp3) is 0.269. The second-order valence-corrected chi connectivity index (χ2v) is 11.0. The first kappa shape index (κ1) is 32.1. The van der Waals surface area contributed by atoms with Crippen LogP contribution in [0.15, 0.2) is 53.4 Å². The zero-order valence-corrected chi connectivity index (χ0v) is 26.7. The third-order valence-corrected chi connectivity index (χ3v) is 7.41. The van der Waals surface area contributed by atoms with E-state index < -0.39 is 4.92 Å². The zero-order valence-electron chi connectivity index (χ0n) is 22.7. The van der Waals surface area contributed by atoms with E-state index in [-0.39, 0.29) is 28.7 Å². The molecule has 3 aromatic heterocycles. The van der Waals surface area contributed by atoms with E-state index in [0.29, 0.717) is 63.1 Å². The third-order valence-electron chi connectivity index (χ3n) is 6.18. The molecule has 4 aromatic rings. The molecular weight excluding hydrogens is 682 g/mol. The predicted octanol–water partition coefficient (Wildman–Crippen LogP) is 2.16. The first-order chi connectivity index (χ1) is 19.0. The maximum atomic E-state index is 12.7. The van der Waals surface area contributed by atoms with Gasteiger partial charge in [0.05, 0.1) is 37.4 Å². The number of nitrogens with zero attached hydrogens (tertiary/aromatic N) is 7. The highest BCUT2D eigenvalue weighted by Gasteiger charge is 2.30. The monoisotopic (exact) mass is 707 g/mol. The summed E-state index contributed by atoms with van der Waals surface area (Å²) < 4.78 is 2.94. The highest BCUT2D eigenvalue weighted by atomic mass is 79.9. The van der Waals surface area contributed by atoms with Gasteiger partial charge in [-0.25, -0.2) is 15.0 Å². The molecule has 1 amide bonds. The number of carbonyl (C=O) groups is 1. The van der Waals surface area contributed by atoms with E-state index in [9.17, 15) is 14.9 Å². The molecule has 0 saturated carbocycles. The fourth-order valence-corrected chi connectivity index (χ4v) is 4.55. The molecular formula is C26H28Br2ClN9O3. The Morgan fingerprint density at radius 1 is 1.24 bits per heavy atom. The molecule has 0 aliphatic heterocycles. The van der Waals surface area contributed by atoms with Crippen LogP contribution in [0.2, 0.25) is 5.02 Å². The fourth-order valence-electron chi connectivity index (χ4n) is 4.13. The van der Waals surface area contributed by atoms with Crippen LogP contribution in [0.4, 0.5) is 23.1 Å². The zero-order chi connectivity index (χ0) is 29.0. The predicted molar refractivity (Wildman–Crippen MR) is 157 cm³/mol. The van der Waals surface area contributed by atoms with E-state index in [4.69, 9.17) is 11.6 Å². The maximum absolute atomic E-state index is 12.7. The van der Waals surface area contributed by atoms with Crippen LogP contribution in [-0.2, 0) is 24.8 Å². The molecule has 15 heteroatoms. The second kappa shape index (κ2) is 13.5. The summed E-state index contributed by atoms with van der Waals surface area (Å²) in [5.74, 6) is 1.03. The number of pyridine rings is 1. The summed E-state index contributed by atoms with van der Waals surface area (Å²) in [7, 11) is 5.65. The van der Waals surface area contributed by atoms with E-state index >= 15 is 0 Å². The minimum atomic E-state index is -0.450. The van der Waals surface area contributed by atoms with E-state index in [1.807, 2.05) is 33.2 Å². The van der Waals surface area contributed by atoms with Crippen LogP contribution in [0.25, 0.3) is 10.9 Å². The lowest BCUT2D eigenvalue weighted by Crippen LogP contribution is -3.00. The van der Waals surface area contributed by atoms with E-state index in [0.717, 1.165) is 10.2 Å². The molecule has 0 fully saturated rings. The van der Waals surface area contributed by atoms with Crippen LogP contribution in [0, 0.1) is 10.1 Å². The van der Waals surface area contributed by atoms with Crippen LogP contribution in [0.3, 0.4) is 0 Å². The number of nitro groups is 1. The Morgan fingerprint density at radius 3 is 2.68 bits per heavy atom. The van der Waals surface area contributed by atoms with Crippen molar-refractivity contribution in [1.82, 2.24) is 24.5 Å². The van der Waals surface area contributed by atoms with Crippen LogP contribution in [0.1, 0.15) is 18.4 Å². The molecule has 0 aliphatic rings. The van der Waals surface area contributed by atoms with Gasteiger partial charge in [-0.05, 0) is 56.2 Å². The molecule has 4 rings (SSSR count). The van der Waals surface area contributed by atoms with Crippen molar-refractivity contribution in [2.75, 3.05) is 31.3 Å². The first-order valence-corrected chi connectivity index (χ1v) is 13.5. The number of hydrogen-bond acceptors (Lipinski definition) is 8. The van der Waals surface area contributed by atoms with Crippen molar-refractivity contribution in [2.24, 2.45) is 7.05 Å². The number of anilines is 3. The highest BCUT2D eigenvalue weighted by Crippen LogP contribution is 2.29. The van der Waals surface area contributed by atoms with E-state index in [2.05, 4.69) is 46.5 Å². The quantitative estimate of drug-likeness (QED) is 0.111. The largest absolute Gasteiger partial charge is 1.00 e. The van der Waals surface area contributed by atoms with Crippen LogP contribution < -0.4 is 27.6 Å². The summed E-state index contributed by atoms with van der Waals surface area (Å²) >= 11 is 9.59. The van der Waals surface area contributed by atoms with Crippen molar-refractivity contribution >= 4 is 67.5 Å². The average molecular weight is 710 g/mol. The van der Waals surface area contributed by atoms with E-state index in [1.165, 1.54) is 12.4 Å². The molecule has 1 aromatic carbocycles. The van der Waals surface area contributed by atoms with Crippen molar-refractivity contribution in [3.8, 4) is 0 Å². The Labute approximate surface area is 260 Å². The Kier molecular flexibility index (Phi) is 10.5. The number of benzene rings is 1. The molecule has 0 aliphatic carbocycles. The summed E-state index contributed by atoms with van der Waals surface area (Å²) in [6, 6.07) is 7.14. The second-order valence-electron chi connectivity index (χ2n) is 9.70. The van der Waals surface area contributed by atoms with Gasteiger partial charge in [0, 0.05) is 35.1 Å². The van der Waals surface area contributed by atoms with E-state index in [1.54, 1.807) is 36.0 Å². The number of amides is 1. The van der Waals surface area contributed by atoms with Crippen molar-refractivity contribution in [3.63, 3.8) is 0 Å². The number of rotatable bonds is 10. The van der Waals surface area contributed by atoms with Gasteiger partial charge in [0.15, 0.2) is 5.69 Å². The van der Waals surface area contributed by atoms with Crippen molar-refractivity contribution in [3.05, 3.63) is 80.1 Å². The molecule has 2 N–H and O–H groups in total. The van der Waals surface area contributed by atoms with Gasteiger partial charge in [0.1, 0.15) is 24.5 Å². The summed E-state index contributed by atoms with van der Waals surface area (Å²) in [4.78, 5) is 40.8. The van der Waals surface area contributed by atoms with Gasteiger partial charge < -0.3 is 46.8 Å². The standard InChI is InChI=1S/C26H27BrClN9O3.BrH/c1-5-23-34-26(36(39)40)21(35(23)2)14-37(3,4)10-6-7-24(38)33-22-12-17-20(13-29-22)30-15-31-25(17)32-16-8-9-18(27)19(28)11-16;/h6-9,11-13,15H,5,10,14H2,1-4H3,(H-,29,30,31,32,33,38);1H/b7-6+;. The van der Waals surface area contributed by atoms with Gasteiger partial charge in [-0.15, -0.1) is 0 Å². The minimum Gasteiger partial charge on any atom is -1.00 e. The van der Waals surface area contributed by atoms with Crippen molar-refractivity contribution in [1.29, 1.82) is 0 Å². The number of imidazole rings is 1. The molecule has 216 valence electrons. The maximum Gasteiger partial charge on any atom is 0.391 e. The molecule has 41 heavy (non-hydrogen) atoms. The Bertz CT molecular complexity index is 1630. The lowest BCUT2D eigenvalue weighted by atomic mass is 10.2. The Balaban J connectivity index is 0.00000462. The number of halogens is 3. The van der Waals surface area contributed by atoms with Gasteiger partial charge >= 0.3 is 5.82 Å². The number of carbonyl (C=O) groups excluding carboxylic acids is 1. The molecule has 0 unspecified atom stereocenters. The average Bonchev–Trinajstić information content (AvgIpc) is 3.21. The van der Waals surface area contributed by atoms with Gasteiger partial charge in [-0.2, -0.15) is 0 Å². The topological polar surface area (TPSA) is 141 Å². The van der Waals surface area contributed by atoms with Crippen molar-refractivity contribution in [2.45, 2.75) is 19.9 Å². The van der Waals surface area contributed by atoms with Gasteiger partial charge in [0.2, 0.25) is 11.7 Å². The number of aromatic nitrogens is 5. The molecule has 0 bridgehead atoms. The molecule has 0 radical (unpaired) electrons. The lowest BCUT2D eigenvalue weighted by Gasteiger charge is -2.28. The first-order valence-electron chi connectivity index (χ1n) is 12.3. The van der Waals surface area contributed by atoms with Gasteiger partial charge in [0.25, 0.3) is 0 Å². The molecule has 0 spiro atoms. The number of hydrogen-bond donors (Lipinski definition) is 2. The Hall–Kier alpha value is -3.46. The number of fused-ring (bicyclic) bond motifs is 1. The Morgan fingerprint density at radius 2 is 2.00 bits per heavy atom. The molecule has 3 heterocycles. The number of nitrogens with one attached hydrogen (secondary N) is 2. The van der Waals surface area contributed by atoms with Crippen LogP contribution in [0.5, 0.6) is 0 Å². The third kappa shape index (κ3) is 7.85. The molecule has 0 saturated heterocycles. The summed E-state index contributed by atoms with van der Waals surface area (Å²) in [5.41, 5.74) is 1.88. The SMILES string of the molecule is CCc1nc([N+](=O)[O-])c(C[N+](C)(C)C/C=C/C(=O)Nc2cc3c(Nc4ccc(Br)c(Cl)c4)ncnc3cn2)n1C.[Br-]. The summed E-state index contributed by atoms with van der Waals surface area (Å²) in [6.07, 6.45) is 6.73.